The number of nitrogens with one attached hydrogen (secondary N) is 1. The van der Waals surface area contributed by atoms with Gasteiger partial charge in [0.2, 0.25) is 16.0 Å². The maximum atomic E-state index is 14.5. The molecule has 0 amide bonds. The van der Waals surface area contributed by atoms with E-state index >= 15 is 0 Å². The monoisotopic (exact) mass is 496 g/mol. The Kier molecular flexibility index (Phi) is 6.03. The molecule has 4 aromatic rings. The Hall–Kier alpha value is -3.70. The maximum absolute atomic E-state index is 14.5. The highest BCUT2D eigenvalue weighted by molar-refractivity contribution is 7.92. The highest BCUT2D eigenvalue weighted by Crippen LogP contribution is 2.32. The van der Waals surface area contributed by atoms with Gasteiger partial charge in [-0.15, -0.1) is 5.10 Å². The Morgan fingerprint density at radius 3 is 2.63 bits per heavy atom. The van der Waals surface area contributed by atoms with Crippen LogP contribution < -0.4 is 14.5 Å². The number of hydrogen-bond acceptors (Lipinski definition) is 7. The van der Waals surface area contributed by atoms with Crippen LogP contribution in [0.5, 0.6) is 0 Å². The van der Waals surface area contributed by atoms with Crippen LogP contribution in [0.25, 0.3) is 16.8 Å². The van der Waals surface area contributed by atoms with Crippen LogP contribution in [0.15, 0.2) is 60.8 Å². The van der Waals surface area contributed by atoms with E-state index in [0.29, 0.717) is 60.6 Å². The minimum Gasteiger partial charge on any atom is -0.378 e. The number of halogens is 1. The average Bonchev–Trinajstić information content (AvgIpc) is 3.28. The van der Waals surface area contributed by atoms with Crippen molar-refractivity contribution in [2.45, 2.75) is 0 Å². The summed E-state index contributed by atoms with van der Waals surface area (Å²) in [4.78, 5) is 6.35. The first-order valence-electron chi connectivity index (χ1n) is 11.1. The highest BCUT2D eigenvalue weighted by atomic mass is 32.2. The van der Waals surface area contributed by atoms with E-state index in [4.69, 9.17) is 4.74 Å². The first-order valence-corrected chi connectivity index (χ1v) is 12.9. The normalized spacial score (nSPS) is 14.3. The van der Waals surface area contributed by atoms with Crippen molar-refractivity contribution >= 4 is 38.6 Å². The van der Waals surface area contributed by atoms with E-state index in [1.165, 1.54) is 17.4 Å². The summed E-state index contributed by atoms with van der Waals surface area (Å²) in [5.41, 5.74) is 3.86. The molecule has 5 rings (SSSR count). The van der Waals surface area contributed by atoms with Gasteiger partial charge < -0.3 is 15.0 Å². The third-order valence-electron chi connectivity index (χ3n) is 5.97. The number of hydrogen-bond donors (Lipinski definition) is 1. The van der Waals surface area contributed by atoms with Gasteiger partial charge in [0, 0.05) is 31.4 Å². The van der Waals surface area contributed by atoms with E-state index in [-0.39, 0.29) is 5.82 Å². The first-order chi connectivity index (χ1) is 16.8. The molecule has 11 heteroatoms. The van der Waals surface area contributed by atoms with E-state index in [0.717, 1.165) is 11.8 Å². The lowest BCUT2D eigenvalue weighted by Gasteiger charge is -2.29. The zero-order valence-corrected chi connectivity index (χ0v) is 20.2. The molecule has 1 aliphatic rings. The Balaban J connectivity index is 1.50. The topological polar surface area (TPSA) is 92.1 Å². The predicted octanol–water partition coefficient (Wildman–Crippen LogP) is 3.51. The summed E-state index contributed by atoms with van der Waals surface area (Å²) in [6, 6.07) is 15.8. The third-order valence-corrected chi connectivity index (χ3v) is 7.16. The van der Waals surface area contributed by atoms with Gasteiger partial charge in [-0.2, -0.15) is 0 Å². The van der Waals surface area contributed by atoms with Gasteiger partial charge in [-0.05, 0) is 36.4 Å². The number of rotatable bonds is 6. The molecule has 0 aliphatic carbocycles. The van der Waals surface area contributed by atoms with Crippen LogP contribution >= 0.6 is 0 Å². The van der Waals surface area contributed by atoms with Crippen molar-refractivity contribution in [3.8, 4) is 11.3 Å². The lowest BCUT2D eigenvalue weighted by Crippen LogP contribution is -2.36. The quantitative estimate of drug-likeness (QED) is 0.437. The second-order valence-corrected chi connectivity index (χ2v) is 10.3. The van der Waals surface area contributed by atoms with Crippen molar-refractivity contribution in [3.63, 3.8) is 0 Å². The van der Waals surface area contributed by atoms with Gasteiger partial charge >= 0.3 is 0 Å². The van der Waals surface area contributed by atoms with Crippen molar-refractivity contribution in [1.29, 1.82) is 0 Å². The number of fused-ring (bicyclic) bond motifs is 1. The zero-order valence-electron chi connectivity index (χ0n) is 19.3. The molecule has 1 saturated heterocycles. The molecule has 9 nitrogen and oxygen atoms in total. The second kappa shape index (κ2) is 9.16. The number of anilines is 4. The van der Waals surface area contributed by atoms with E-state index in [1.807, 2.05) is 29.2 Å². The molecular formula is C24H25FN6O3S. The van der Waals surface area contributed by atoms with Crippen LogP contribution in [0.2, 0.25) is 0 Å². The summed E-state index contributed by atoms with van der Waals surface area (Å²) in [6.07, 6.45) is 2.84. The molecule has 182 valence electrons. The third kappa shape index (κ3) is 4.64. The van der Waals surface area contributed by atoms with Crippen molar-refractivity contribution in [2.24, 2.45) is 0 Å². The molecule has 0 unspecified atom stereocenters. The summed E-state index contributed by atoms with van der Waals surface area (Å²) in [6.45, 7) is 2.36. The SMILES string of the molecule is CN(c1ccccc1-c1ccc2cnc(Nc3ccc(F)c(N4CCOCC4)c3)nn12)S(C)(=O)=O. The molecule has 2 aromatic heterocycles. The fourth-order valence-electron chi connectivity index (χ4n) is 4.07. The zero-order chi connectivity index (χ0) is 24.6. The van der Waals surface area contributed by atoms with Gasteiger partial charge in [-0.3, -0.25) is 4.31 Å². The minimum atomic E-state index is -3.45. The van der Waals surface area contributed by atoms with Crippen molar-refractivity contribution in [1.82, 2.24) is 14.6 Å². The van der Waals surface area contributed by atoms with Gasteiger partial charge in [0.05, 0.1) is 48.3 Å². The van der Waals surface area contributed by atoms with Gasteiger partial charge in [0.15, 0.2) is 0 Å². The van der Waals surface area contributed by atoms with Crippen LogP contribution in [0.4, 0.5) is 27.4 Å². The summed E-state index contributed by atoms with van der Waals surface area (Å²) < 4.78 is 47.2. The molecule has 2 aromatic carbocycles. The van der Waals surface area contributed by atoms with Gasteiger partial charge in [0.1, 0.15) is 5.82 Å². The number of nitrogens with zero attached hydrogens (tertiary/aromatic N) is 5. The Labute approximate surface area is 202 Å². The van der Waals surface area contributed by atoms with Crippen LogP contribution in [0, 0.1) is 5.82 Å². The minimum absolute atomic E-state index is 0.298. The summed E-state index contributed by atoms with van der Waals surface area (Å²) in [7, 11) is -1.93. The van der Waals surface area contributed by atoms with E-state index in [1.54, 1.807) is 35.0 Å². The van der Waals surface area contributed by atoms with Crippen LogP contribution in [0.3, 0.4) is 0 Å². The largest absolute Gasteiger partial charge is 0.378 e. The molecule has 0 atom stereocenters. The van der Waals surface area contributed by atoms with Crippen molar-refractivity contribution in [3.05, 3.63) is 66.6 Å². The summed E-state index contributed by atoms with van der Waals surface area (Å²) in [5.74, 6) is 0.0246. The second-order valence-electron chi connectivity index (χ2n) is 8.28. The summed E-state index contributed by atoms with van der Waals surface area (Å²) in [5, 5.41) is 7.79. The van der Waals surface area contributed by atoms with E-state index < -0.39 is 10.0 Å². The number of para-hydroxylation sites is 1. The number of benzene rings is 2. The van der Waals surface area contributed by atoms with E-state index in [2.05, 4.69) is 15.4 Å². The molecule has 3 heterocycles. The molecule has 1 N–H and O–H groups in total. The van der Waals surface area contributed by atoms with Crippen LogP contribution in [-0.2, 0) is 14.8 Å². The van der Waals surface area contributed by atoms with Crippen LogP contribution in [-0.4, -0.2) is 62.6 Å². The van der Waals surface area contributed by atoms with Gasteiger partial charge in [0.25, 0.3) is 0 Å². The fraction of sp³-hybridized carbons (Fsp3) is 0.250. The molecule has 0 saturated carbocycles. The molecule has 0 spiro atoms. The Morgan fingerprint density at radius 1 is 1.09 bits per heavy atom. The number of morpholine rings is 1. The van der Waals surface area contributed by atoms with Crippen molar-refractivity contribution < 1.29 is 17.5 Å². The molecular weight excluding hydrogens is 471 g/mol. The smallest absolute Gasteiger partial charge is 0.245 e. The molecule has 0 bridgehead atoms. The predicted molar refractivity (Wildman–Crippen MR) is 134 cm³/mol. The molecule has 35 heavy (non-hydrogen) atoms. The van der Waals surface area contributed by atoms with Gasteiger partial charge in [-0.1, -0.05) is 18.2 Å². The molecule has 1 fully saturated rings. The molecule has 0 radical (unpaired) electrons. The van der Waals surface area contributed by atoms with E-state index in [9.17, 15) is 12.8 Å². The Bertz CT molecular complexity index is 1480. The number of aromatic nitrogens is 3. The Morgan fingerprint density at radius 2 is 1.86 bits per heavy atom. The summed E-state index contributed by atoms with van der Waals surface area (Å²) >= 11 is 0. The fourth-order valence-corrected chi connectivity index (χ4v) is 4.59. The van der Waals surface area contributed by atoms with Crippen molar-refractivity contribution in [2.75, 3.05) is 54.1 Å². The van der Waals surface area contributed by atoms with Gasteiger partial charge in [-0.25, -0.2) is 22.3 Å². The van der Waals surface area contributed by atoms with Crippen LogP contribution in [0.1, 0.15) is 0 Å². The maximum Gasteiger partial charge on any atom is 0.245 e. The average molecular weight is 497 g/mol. The standard InChI is InChI=1S/C24H25FN6O3S/c1-29(35(2,32)33)21-6-4-3-5-19(21)22-10-8-18-16-26-24(28-31(18)22)27-17-7-9-20(25)23(15-17)30-11-13-34-14-12-30/h3-10,15-16H,11-14H2,1-2H3,(H,27,28). The first kappa shape index (κ1) is 23.1. The lowest BCUT2D eigenvalue weighted by atomic mass is 10.1. The number of sulfonamides is 1. The number of ether oxygens (including phenoxy) is 1. The lowest BCUT2D eigenvalue weighted by molar-refractivity contribution is 0.122. The molecule has 1 aliphatic heterocycles. The highest BCUT2D eigenvalue weighted by Gasteiger charge is 2.19.